The van der Waals surface area contributed by atoms with Gasteiger partial charge in [0.25, 0.3) is 5.91 Å². The Labute approximate surface area is 145 Å². The molecule has 0 fully saturated rings. The van der Waals surface area contributed by atoms with Gasteiger partial charge < -0.3 is 10.1 Å². The third kappa shape index (κ3) is 3.97. The molecule has 0 saturated carbocycles. The highest BCUT2D eigenvalue weighted by Crippen LogP contribution is 2.21. The molecular formula is C19H19NO3S. The van der Waals surface area contributed by atoms with Gasteiger partial charge in [0.2, 0.25) is 0 Å². The van der Waals surface area contributed by atoms with Crippen molar-refractivity contribution in [3.8, 4) is 0 Å². The van der Waals surface area contributed by atoms with Gasteiger partial charge in [0.1, 0.15) is 0 Å². The van der Waals surface area contributed by atoms with Crippen LogP contribution >= 0.6 is 11.8 Å². The third-order valence-electron chi connectivity index (χ3n) is 3.88. The Balaban J connectivity index is 1.47. The van der Waals surface area contributed by atoms with Gasteiger partial charge in [0.15, 0.2) is 6.10 Å². The average Bonchev–Trinajstić information content (AvgIpc) is 2.60. The zero-order valence-corrected chi connectivity index (χ0v) is 14.3. The lowest BCUT2D eigenvalue weighted by Gasteiger charge is -2.23. The molecule has 0 radical (unpaired) electrons. The Hall–Kier alpha value is -2.27. The summed E-state index contributed by atoms with van der Waals surface area (Å²) in [6.07, 6.45) is -0.310. The predicted octanol–water partition coefficient (Wildman–Crippen LogP) is 2.99. The van der Waals surface area contributed by atoms with Gasteiger partial charge in [0, 0.05) is 23.6 Å². The molecule has 1 amide bonds. The predicted molar refractivity (Wildman–Crippen MR) is 94.3 cm³/mol. The van der Waals surface area contributed by atoms with Gasteiger partial charge in [-0.2, -0.15) is 0 Å². The van der Waals surface area contributed by atoms with Crippen LogP contribution in [0, 0.1) is 6.92 Å². The number of thioether (sulfide) groups is 1. The number of cyclic esters (lactones) is 1. The van der Waals surface area contributed by atoms with Crippen LogP contribution in [0.1, 0.15) is 21.5 Å². The molecule has 1 heterocycles. The summed E-state index contributed by atoms with van der Waals surface area (Å²) in [4.78, 5) is 25.3. The summed E-state index contributed by atoms with van der Waals surface area (Å²) in [6, 6.07) is 15.5. The topological polar surface area (TPSA) is 55.4 Å². The molecule has 0 aliphatic carbocycles. The number of fused-ring (bicyclic) bond motifs is 1. The van der Waals surface area contributed by atoms with E-state index in [0.717, 1.165) is 11.3 Å². The van der Waals surface area contributed by atoms with Crippen LogP contribution in [-0.4, -0.2) is 30.3 Å². The van der Waals surface area contributed by atoms with Crippen LogP contribution in [-0.2, 0) is 16.0 Å². The molecule has 24 heavy (non-hydrogen) atoms. The van der Waals surface area contributed by atoms with Crippen molar-refractivity contribution in [3.63, 3.8) is 0 Å². The zero-order valence-electron chi connectivity index (χ0n) is 13.5. The van der Waals surface area contributed by atoms with E-state index in [9.17, 15) is 9.59 Å². The molecule has 3 rings (SSSR count). The van der Waals surface area contributed by atoms with Crippen molar-refractivity contribution in [1.29, 1.82) is 0 Å². The highest BCUT2D eigenvalue weighted by Gasteiger charge is 2.30. The van der Waals surface area contributed by atoms with Crippen LogP contribution in [0.3, 0.4) is 0 Å². The number of benzene rings is 2. The molecule has 1 aliphatic heterocycles. The van der Waals surface area contributed by atoms with Crippen molar-refractivity contribution in [2.75, 3.05) is 12.3 Å². The third-order valence-corrected chi connectivity index (χ3v) is 4.89. The molecule has 0 spiro atoms. The van der Waals surface area contributed by atoms with Gasteiger partial charge in [0.05, 0.1) is 5.56 Å². The second-order valence-corrected chi connectivity index (χ2v) is 6.88. The number of rotatable bonds is 5. The Kier molecular flexibility index (Phi) is 5.20. The van der Waals surface area contributed by atoms with Crippen molar-refractivity contribution >= 4 is 23.6 Å². The maximum absolute atomic E-state index is 12.2. The van der Waals surface area contributed by atoms with Gasteiger partial charge in [-0.15, -0.1) is 11.8 Å². The number of aryl methyl sites for hydroxylation is 1. The number of ether oxygens (including phenoxy) is 1. The molecule has 1 atom stereocenters. The van der Waals surface area contributed by atoms with Gasteiger partial charge in [-0.25, -0.2) is 4.79 Å². The van der Waals surface area contributed by atoms with Crippen molar-refractivity contribution in [2.45, 2.75) is 24.3 Å². The Bertz CT molecular complexity index is 743. The monoisotopic (exact) mass is 341 g/mol. The Morgan fingerprint density at radius 3 is 2.75 bits per heavy atom. The number of carbonyl (C=O) groups is 2. The van der Waals surface area contributed by atoms with Crippen LogP contribution in [0.15, 0.2) is 53.4 Å². The molecule has 0 saturated heterocycles. The summed E-state index contributed by atoms with van der Waals surface area (Å²) in [5.41, 5.74) is 2.64. The maximum atomic E-state index is 12.2. The number of esters is 1. The van der Waals surface area contributed by atoms with E-state index in [1.165, 1.54) is 10.5 Å². The number of carbonyl (C=O) groups excluding carboxylic acids is 2. The van der Waals surface area contributed by atoms with E-state index in [-0.39, 0.29) is 5.91 Å². The molecule has 124 valence electrons. The minimum absolute atomic E-state index is 0.234. The second kappa shape index (κ2) is 7.53. The number of amides is 1. The first-order chi connectivity index (χ1) is 11.6. The molecule has 0 bridgehead atoms. The van der Waals surface area contributed by atoms with Crippen molar-refractivity contribution in [2.24, 2.45) is 0 Å². The number of nitrogens with one attached hydrogen (secondary N) is 1. The SMILES string of the molecule is Cc1ccc(SCCNC(=O)C2Cc3ccccc3C(=O)O2)cc1. The lowest BCUT2D eigenvalue weighted by molar-refractivity contribution is -0.130. The van der Waals surface area contributed by atoms with Crippen molar-refractivity contribution in [3.05, 3.63) is 65.2 Å². The fourth-order valence-corrected chi connectivity index (χ4v) is 3.34. The second-order valence-electron chi connectivity index (χ2n) is 5.71. The van der Waals surface area contributed by atoms with Gasteiger partial charge in [-0.1, -0.05) is 35.9 Å². The minimum atomic E-state index is -0.739. The normalized spacial score (nSPS) is 16.2. The highest BCUT2D eigenvalue weighted by atomic mass is 32.2. The molecule has 1 aliphatic rings. The van der Waals surface area contributed by atoms with E-state index in [1.807, 2.05) is 12.1 Å². The fourth-order valence-electron chi connectivity index (χ4n) is 2.57. The fraction of sp³-hybridized carbons (Fsp3) is 0.263. The smallest absolute Gasteiger partial charge is 0.339 e. The molecule has 4 nitrogen and oxygen atoms in total. The first-order valence-corrected chi connectivity index (χ1v) is 8.88. The molecule has 2 aromatic carbocycles. The largest absolute Gasteiger partial charge is 0.448 e. The van der Waals surface area contributed by atoms with E-state index in [1.54, 1.807) is 23.9 Å². The summed E-state index contributed by atoms with van der Waals surface area (Å²) < 4.78 is 5.25. The summed E-state index contributed by atoms with van der Waals surface area (Å²) in [5.74, 6) is 0.111. The van der Waals surface area contributed by atoms with Crippen molar-refractivity contribution < 1.29 is 14.3 Å². The van der Waals surface area contributed by atoms with Crippen molar-refractivity contribution in [1.82, 2.24) is 5.32 Å². The number of hydrogen-bond donors (Lipinski definition) is 1. The number of hydrogen-bond acceptors (Lipinski definition) is 4. The van der Waals surface area contributed by atoms with E-state index in [0.29, 0.717) is 18.5 Å². The van der Waals surface area contributed by atoms with Crippen LogP contribution in [0.5, 0.6) is 0 Å². The molecule has 2 aromatic rings. The summed E-state index contributed by atoms with van der Waals surface area (Å²) in [7, 11) is 0. The van der Waals surface area contributed by atoms with E-state index in [2.05, 4.69) is 36.5 Å². The summed E-state index contributed by atoms with van der Waals surface area (Å²) >= 11 is 1.68. The maximum Gasteiger partial charge on any atom is 0.339 e. The summed E-state index contributed by atoms with van der Waals surface area (Å²) in [6.45, 7) is 2.59. The molecule has 1 N–H and O–H groups in total. The molecular weight excluding hydrogens is 322 g/mol. The van der Waals surface area contributed by atoms with E-state index < -0.39 is 12.1 Å². The Morgan fingerprint density at radius 2 is 1.96 bits per heavy atom. The lowest BCUT2D eigenvalue weighted by Crippen LogP contribution is -2.42. The standard InChI is InChI=1S/C19H19NO3S/c1-13-6-8-15(9-7-13)24-11-10-20-18(21)17-12-14-4-2-3-5-16(14)19(22)23-17/h2-9,17H,10-12H2,1H3,(H,20,21). The first kappa shape index (κ1) is 16.6. The quantitative estimate of drug-likeness (QED) is 0.516. The first-order valence-electron chi connectivity index (χ1n) is 7.89. The lowest BCUT2D eigenvalue weighted by atomic mass is 9.98. The van der Waals surface area contributed by atoms with Crippen LogP contribution in [0.2, 0.25) is 0 Å². The minimum Gasteiger partial charge on any atom is -0.448 e. The molecule has 5 heteroatoms. The molecule has 1 unspecified atom stereocenters. The van der Waals surface area contributed by atoms with Crippen LogP contribution in [0.25, 0.3) is 0 Å². The molecule has 0 aromatic heterocycles. The highest BCUT2D eigenvalue weighted by molar-refractivity contribution is 7.99. The average molecular weight is 341 g/mol. The van der Waals surface area contributed by atoms with Gasteiger partial charge in [-0.3, -0.25) is 4.79 Å². The van der Waals surface area contributed by atoms with Crippen LogP contribution in [0.4, 0.5) is 0 Å². The Morgan fingerprint density at radius 1 is 1.21 bits per heavy atom. The van der Waals surface area contributed by atoms with Crippen LogP contribution < -0.4 is 5.32 Å². The summed E-state index contributed by atoms with van der Waals surface area (Å²) in [5, 5.41) is 2.85. The van der Waals surface area contributed by atoms with Gasteiger partial charge >= 0.3 is 5.97 Å². The van der Waals surface area contributed by atoms with E-state index in [4.69, 9.17) is 4.74 Å². The van der Waals surface area contributed by atoms with Gasteiger partial charge in [-0.05, 0) is 30.7 Å². The zero-order chi connectivity index (χ0) is 16.9. The van der Waals surface area contributed by atoms with E-state index >= 15 is 0 Å².